The van der Waals surface area contributed by atoms with Crippen LogP contribution < -0.4 is 0 Å². The van der Waals surface area contributed by atoms with E-state index in [-0.39, 0.29) is 17.7 Å². The molecular weight excluding hydrogens is 278 g/mol. The molecule has 0 radical (unpaired) electrons. The van der Waals surface area contributed by atoms with E-state index in [2.05, 4.69) is 15.3 Å². The van der Waals surface area contributed by atoms with Gasteiger partial charge in [0.05, 0.1) is 6.20 Å². The predicted molar refractivity (Wildman–Crippen MR) is 70.6 cm³/mol. The molecule has 2 atom stereocenters. The molecule has 7 nitrogen and oxygen atoms in total. The molecule has 2 fully saturated rings. The van der Waals surface area contributed by atoms with E-state index in [0.29, 0.717) is 11.4 Å². The van der Waals surface area contributed by atoms with Crippen LogP contribution in [0, 0.1) is 0 Å². The molecule has 2 saturated heterocycles. The smallest absolute Gasteiger partial charge is 0.246 e. The number of fused-ring (bicyclic) bond motifs is 2. The van der Waals surface area contributed by atoms with Gasteiger partial charge >= 0.3 is 0 Å². The van der Waals surface area contributed by atoms with Crippen molar-refractivity contribution in [3.8, 4) is 0 Å². The van der Waals surface area contributed by atoms with Gasteiger partial charge in [0.2, 0.25) is 10.0 Å². The lowest BCUT2D eigenvalue weighted by molar-refractivity contribution is 0.207. The zero-order chi connectivity index (χ0) is 14.0. The first-order valence-corrected chi connectivity index (χ1v) is 8.48. The Balaban J connectivity index is 1.66. The van der Waals surface area contributed by atoms with E-state index < -0.39 is 10.0 Å². The molecule has 2 unspecified atom stereocenters. The van der Waals surface area contributed by atoms with Crippen LogP contribution in [0.15, 0.2) is 27.5 Å². The molecule has 8 heteroatoms. The molecule has 20 heavy (non-hydrogen) atoms. The van der Waals surface area contributed by atoms with Gasteiger partial charge in [0.25, 0.3) is 0 Å². The van der Waals surface area contributed by atoms with Crippen LogP contribution in [0.4, 0.5) is 0 Å². The zero-order valence-corrected chi connectivity index (χ0v) is 12.1. The van der Waals surface area contributed by atoms with Crippen LogP contribution in [0.1, 0.15) is 32.6 Å². The summed E-state index contributed by atoms with van der Waals surface area (Å²) < 4.78 is 29.0. The van der Waals surface area contributed by atoms with Gasteiger partial charge in [0, 0.05) is 37.7 Å². The van der Waals surface area contributed by atoms with Crippen LogP contribution >= 0.6 is 0 Å². The Bertz CT molecular complexity index is 658. The van der Waals surface area contributed by atoms with Gasteiger partial charge in [-0.1, -0.05) is 0 Å². The number of aryl methyl sites for hydroxylation is 1. The summed E-state index contributed by atoms with van der Waals surface area (Å²) in [5.41, 5.74) is -0.245. The molecule has 108 valence electrons. The second-order valence-electron chi connectivity index (χ2n) is 5.84. The maximum absolute atomic E-state index is 12.8. The van der Waals surface area contributed by atoms with E-state index in [9.17, 15) is 8.42 Å². The molecule has 4 rings (SSSR count). The number of nitrogens with zero attached hydrogens (tertiary/aromatic N) is 5. The Labute approximate surface area is 117 Å². The Morgan fingerprint density at radius 3 is 2.45 bits per heavy atom. The normalized spacial score (nSPS) is 31.1. The van der Waals surface area contributed by atoms with Gasteiger partial charge in [-0.2, -0.15) is 19.6 Å². The van der Waals surface area contributed by atoms with Gasteiger partial charge in [-0.15, -0.1) is 0 Å². The van der Waals surface area contributed by atoms with Crippen LogP contribution in [-0.4, -0.2) is 40.3 Å². The third-order valence-corrected chi connectivity index (χ3v) is 6.53. The van der Waals surface area contributed by atoms with E-state index in [0.717, 1.165) is 25.7 Å². The number of rotatable bonds is 3. The first-order valence-electron chi connectivity index (χ1n) is 7.04. The van der Waals surface area contributed by atoms with Gasteiger partial charge in [-0.25, -0.2) is 8.42 Å². The molecule has 0 aromatic carbocycles. The summed E-state index contributed by atoms with van der Waals surface area (Å²) in [6, 6.07) is 0.0810. The minimum atomic E-state index is -3.44. The standard InChI is InChI=1S/C12H17N5O2S/c1-2-16-8-11(7-13-16)20(18,19)17-9-3-4-10(17)6-12(5-9)14-15-12/h7-10H,2-6H2,1H3. The van der Waals surface area contributed by atoms with Crippen molar-refractivity contribution >= 4 is 10.0 Å². The third kappa shape index (κ3) is 1.67. The molecule has 0 aliphatic carbocycles. The Morgan fingerprint density at radius 1 is 1.30 bits per heavy atom. The first kappa shape index (κ1) is 12.5. The van der Waals surface area contributed by atoms with Gasteiger partial charge in [-0.3, -0.25) is 4.68 Å². The van der Waals surface area contributed by atoms with Crippen LogP contribution in [0.3, 0.4) is 0 Å². The summed E-state index contributed by atoms with van der Waals surface area (Å²) in [5.74, 6) is 0. The molecule has 0 saturated carbocycles. The lowest BCUT2D eigenvalue weighted by Gasteiger charge is -2.35. The predicted octanol–water partition coefficient (Wildman–Crippen LogP) is 1.38. The summed E-state index contributed by atoms with van der Waals surface area (Å²) >= 11 is 0. The number of hydrogen-bond donors (Lipinski definition) is 0. The summed E-state index contributed by atoms with van der Waals surface area (Å²) in [5, 5.41) is 12.3. The quantitative estimate of drug-likeness (QED) is 0.845. The molecule has 0 N–H and O–H groups in total. The fraction of sp³-hybridized carbons (Fsp3) is 0.750. The van der Waals surface area contributed by atoms with Gasteiger partial charge in [0.15, 0.2) is 5.66 Å². The minimum Gasteiger partial charge on any atom is -0.272 e. The number of sulfonamides is 1. The summed E-state index contributed by atoms with van der Waals surface area (Å²) in [7, 11) is -3.44. The number of aromatic nitrogens is 2. The molecule has 3 aliphatic rings. The molecule has 4 heterocycles. The average molecular weight is 295 g/mol. The maximum atomic E-state index is 12.8. The Hall–Kier alpha value is -1.28. The van der Waals surface area contributed by atoms with Gasteiger partial charge < -0.3 is 0 Å². The van der Waals surface area contributed by atoms with Crippen molar-refractivity contribution in [2.75, 3.05) is 0 Å². The molecule has 1 spiro atoms. The largest absolute Gasteiger partial charge is 0.272 e. The molecule has 2 bridgehead atoms. The highest BCUT2D eigenvalue weighted by molar-refractivity contribution is 7.89. The van der Waals surface area contributed by atoms with Crippen LogP contribution in [0.2, 0.25) is 0 Å². The second kappa shape index (κ2) is 3.88. The van der Waals surface area contributed by atoms with Gasteiger partial charge in [0.1, 0.15) is 4.90 Å². The van der Waals surface area contributed by atoms with E-state index in [1.54, 1.807) is 15.2 Å². The summed E-state index contributed by atoms with van der Waals surface area (Å²) in [4.78, 5) is 0.303. The lowest BCUT2D eigenvalue weighted by Crippen LogP contribution is -2.48. The average Bonchev–Trinajstić information content (AvgIpc) is 2.89. The molecule has 1 aromatic heterocycles. The number of piperidine rings is 1. The highest BCUT2D eigenvalue weighted by Gasteiger charge is 2.57. The van der Waals surface area contributed by atoms with Gasteiger partial charge in [-0.05, 0) is 19.8 Å². The highest BCUT2D eigenvalue weighted by Crippen LogP contribution is 2.50. The van der Waals surface area contributed by atoms with Crippen molar-refractivity contribution < 1.29 is 8.42 Å². The Kier molecular flexibility index (Phi) is 2.42. The Morgan fingerprint density at radius 2 is 1.95 bits per heavy atom. The van der Waals surface area contributed by atoms with Crippen LogP contribution in [0.5, 0.6) is 0 Å². The van der Waals surface area contributed by atoms with E-state index in [1.807, 2.05) is 6.92 Å². The maximum Gasteiger partial charge on any atom is 0.246 e. The van der Waals surface area contributed by atoms with Crippen LogP contribution in [0.25, 0.3) is 0 Å². The summed E-state index contributed by atoms with van der Waals surface area (Å²) in [6.07, 6.45) is 6.38. The van der Waals surface area contributed by atoms with E-state index in [1.165, 1.54) is 6.20 Å². The van der Waals surface area contributed by atoms with E-state index >= 15 is 0 Å². The van der Waals surface area contributed by atoms with Crippen molar-refractivity contribution in [1.82, 2.24) is 14.1 Å². The molecule has 3 aliphatic heterocycles. The first-order chi connectivity index (χ1) is 9.54. The van der Waals surface area contributed by atoms with Crippen molar-refractivity contribution in [1.29, 1.82) is 0 Å². The molecule has 0 amide bonds. The summed E-state index contributed by atoms with van der Waals surface area (Å²) in [6.45, 7) is 2.61. The third-order valence-electron chi connectivity index (χ3n) is 4.57. The molecular formula is C12H17N5O2S. The van der Waals surface area contributed by atoms with Crippen molar-refractivity contribution in [2.45, 2.75) is 61.8 Å². The second-order valence-corrected chi connectivity index (χ2v) is 7.69. The van der Waals surface area contributed by atoms with Crippen molar-refractivity contribution in [2.24, 2.45) is 10.2 Å². The van der Waals surface area contributed by atoms with Crippen LogP contribution in [-0.2, 0) is 16.6 Å². The highest BCUT2D eigenvalue weighted by atomic mass is 32.2. The SMILES string of the molecule is CCn1cc(S(=O)(=O)N2C3CCC2CC2(C3)N=N2)cn1. The van der Waals surface area contributed by atoms with Crippen molar-refractivity contribution in [3.63, 3.8) is 0 Å². The topological polar surface area (TPSA) is 79.9 Å². The van der Waals surface area contributed by atoms with E-state index in [4.69, 9.17) is 0 Å². The zero-order valence-electron chi connectivity index (χ0n) is 11.3. The van der Waals surface area contributed by atoms with Crippen molar-refractivity contribution in [3.05, 3.63) is 12.4 Å². The number of hydrogen-bond acceptors (Lipinski definition) is 5. The lowest BCUT2D eigenvalue weighted by atomic mass is 9.96. The monoisotopic (exact) mass is 295 g/mol. The fourth-order valence-electron chi connectivity index (χ4n) is 3.56. The fourth-order valence-corrected chi connectivity index (χ4v) is 5.38. The molecule has 1 aromatic rings. The minimum absolute atomic E-state index is 0.0405.